The molecule has 0 atom stereocenters. The van der Waals surface area contributed by atoms with Crippen LogP contribution in [-0.2, 0) is 22.3 Å². The summed E-state index contributed by atoms with van der Waals surface area (Å²) in [5, 5.41) is 6.95. The van der Waals surface area contributed by atoms with E-state index in [9.17, 15) is 8.42 Å². The summed E-state index contributed by atoms with van der Waals surface area (Å²) in [4.78, 5) is 14.8. The zero-order chi connectivity index (χ0) is 19.3. The van der Waals surface area contributed by atoms with Crippen LogP contribution in [0, 0.1) is 6.92 Å². The first-order chi connectivity index (χ1) is 13.0. The SMILES string of the molecule is CN=C(NCc1ccnc(C)n1)N1CCN(S(=O)(=O)Cc2ccon2)CC1. The molecular weight excluding hydrogens is 370 g/mol. The lowest BCUT2D eigenvalue weighted by molar-refractivity contribution is 0.259. The standard InChI is InChI=1S/C16H23N7O3S/c1-13-18-5-3-14(20-13)11-19-16(17-2)22-6-8-23(9-7-22)27(24,25)12-15-4-10-26-21-15/h3-5,10H,6-9,11-12H2,1-2H3,(H,17,19). The van der Waals surface area contributed by atoms with E-state index in [4.69, 9.17) is 4.52 Å². The Hall–Kier alpha value is -2.53. The molecule has 1 aliphatic rings. The van der Waals surface area contributed by atoms with Crippen molar-refractivity contribution in [1.29, 1.82) is 0 Å². The average Bonchev–Trinajstić information content (AvgIpc) is 3.15. The molecule has 1 fully saturated rings. The van der Waals surface area contributed by atoms with Gasteiger partial charge in [0.25, 0.3) is 0 Å². The van der Waals surface area contributed by atoms with Crippen molar-refractivity contribution in [1.82, 2.24) is 29.6 Å². The van der Waals surface area contributed by atoms with Gasteiger partial charge in [-0.25, -0.2) is 18.4 Å². The lowest BCUT2D eigenvalue weighted by atomic mass is 10.3. The van der Waals surface area contributed by atoms with Crippen LogP contribution in [0.1, 0.15) is 17.2 Å². The zero-order valence-electron chi connectivity index (χ0n) is 15.4. The van der Waals surface area contributed by atoms with Crippen molar-refractivity contribution in [3.05, 3.63) is 41.8 Å². The van der Waals surface area contributed by atoms with Crippen LogP contribution < -0.4 is 5.32 Å². The van der Waals surface area contributed by atoms with E-state index in [2.05, 4.69) is 25.4 Å². The van der Waals surface area contributed by atoms with Crippen molar-refractivity contribution >= 4 is 16.0 Å². The number of aryl methyl sites for hydroxylation is 1. The number of aliphatic imine (C=N–C) groups is 1. The molecule has 146 valence electrons. The van der Waals surface area contributed by atoms with E-state index in [-0.39, 0.29) is 5.75 Å². The number of piperazine rings is 1. The molecule has 0 spiro atoms. The Kier molecular flexibility index (Phi) is 6.01. The second kappa shape index (κ2) is 8.44. The number of hydrogen-bond donors (Lipinski definition) is 1. The highest BCUT2D eigenvalue weighted by molar-refractivity contribution is 7.88. The maximum absolute atomic E-state index is 12.5. The van der Waals surface area contributed by atoms with E-state index in [0.717, 1.165) is 17.5 Å². The molecule has 10 nitrogen and oxygen atoms in total. The molecule has 3 heterocycles. The molecule has 2 aromatic heterocycles. The van der Waals surface area contributed by atoms with Gasteiger partial charge in [-0.1, -0.05) is 5.16 Å². The highest BCUT2D eigenvalue weighted by Gasteiger charge is 2.28. The largest absolute Gasteiger partial charge is 0.364 e. The van der Waals surface area contributed by atoms with E-state index in [1.54, 1.807) is 19.3 Å². The second-order valence-corrected chi connectivity index (χ2v) is 8.10. The first-order valence-electron chi connectivity index (χ1n) is 8.59. The summed E-state index contributed by atoms with van der Waals surface area (Å²) in [5.74, 6) is 1.29. The van der Waals surface area contributed by atoms with Crippen LogP contribution in [0.3, 0.4) is 0 Å². The first kappa shape index (κ1) is 19.2. The van der Waals surface area contributed by atoms with Gasteiger partial charge < -0.3 is 14.7 Å². The van der Waals surface area contributed by atoms with Crippen molar-refractivity contribution in [2.45, 2.75) is 19.2 Å². The third-order valence-corrected chi connectivity index (χ3v) is 6.04. The number of hydrogen-bond acceptors (Lipinski definition) is 7. The third kappa shape index (κ3) is 5.01. The Morgan fingerprint density at radius 3 is 2.67 bits per heavy atom. The van der Waals surface area contributed by atoms with Gasteiger partial charge in [0.15, 0.2) is 5.96 Å². The van der Waals surface area contributed by atoms with Crippen molar-refractivity contribution in [3.8, 4) is 0 Å². The Morgan fingerprint density at radius 2 is 2.04 bits per heavy atom. The smallest absolute Gasteiger partial charge is 0.220 e. The highest BCUT2D eigenvalue weighted by Crippen LogP contribution is 2.13. The molecule has 27 heavy (non-hydrogen) atoms. The monoisotopic (exact) mass is 393 g/mol. The molecule has 2 aromatic rings. The van der Waals surface area contributed by atoms with Crippen molar-refractivity contribution in [3.63, 3.8) is 0 Å². The molecule has 11 heteroatoms. The Labute approximate surface area is 158 Å². The quantitative estimate of drug-likeness (QED) is 0.557. The summed E-state index contributed by atoms with van der Waals surface area (Å²) >= 11 is 0. The molecule has 0 aliphatic carbocycles. The normalized spacial score (nSPS) is 16.5. The van der Waals surface area contributed by atoms with Gasteiger partial charge in [-0.3, -0.25) is 4.99 Å². The summed E-state index contributed by atoms with van der Waals surface area (Å²) < 4.78 is 31.2. The average molecular weight is 393 g/mol. The van der Waals surface area contributed by atoms with E-state index < -0.39 is 10.0 Å². The zero-order valence-corrected chi connectivity index (χ0v) is 16.2. The van der Waals surface area contributed by atoms with Gasteiger partial charge in [0.05, 0.1) is 17.9 Å². The fourth-order valence-electron chi connectivity index (χ4n) is 2.87. The van der Waals surface area contributed by atoms with Gasteiger partial charge in [0.1, 0.15) is 17.8 Å². The third-order valence-electron chi connectivity index (χ3n) is 4.23. The molecule has 0 saturated carbocycles. The molecule has 1 saturated heterocycles. The maximum atomic E-state index is 12.5. The fourth-order valence-corrected chi connectivity index (χ4v) is 4.30. The maximum Gasteiger partial charge on any atom is 0.220 e. The van der Waals surface area contributed by atoms with Crippen molar-refractivity contribution < 1.29 is 12.9 Å². The Morgan fingerprint density at radius 1 is 1.26 bits per heavy atom. The number of nitrogens with zero attached hydrogens (tertiary/aromatic N) is 6. The molecule has 0 amide bonds. The van der Waals surface area contributed by atoms with Gasteiger partial charge in [-0.2, -0.15) is 4.31 Å². The number of aromatic nitrogens is 3. The van der Waals surface area contributed by atoms with E-state index in [0.29, 0.717) is 38.4 Å². The van der Waals surface area contributed by atoms with Crippen LogP contribution in [0.2, 0.25) is 0 Å². The number of guanidine groups is 1. The van der Waals surface area contributed by atoms with Crippen LogP contribution in [0.4, 0.5) is 0 Å². The summed E-state index contributed by atoms with van der Waals surface area (Å²) in [7, 11) is -1.71. The van der Waals surface area contributed by atoms with Gasteiger partial charge in [-0.15, -0.1) is 0 Å². The molecule has 0 radical (unpaired) electrons. The van der Waals surface area contributed by atoms with Gasteiger partial charge in [0.2, 0.25) is 10.0 Å². The number of sulfonamides is 1. The van der Waals surface area contributed by atoms with Crippen LogP contribution in [-0.4, -0.2) is 71.9 Å². The number of rotatable bonds is 5. The lowest BCUT2D eigenvalue weighted by Gasteiger charge is -2.35. The van der Waals surface area contributed by atoms with Crippen molar-refractivity contribution in [2.24, 2.45) is 4.99 Å². The summed E-state index contributed by atoms with van der Waals surface area (Å²) in [6, 6.07) is 3.41. The van der Waals surface area contributed by atoms with E-state index in [1.165, 1.54) is 10.6 Å². The predicted molar refractivity (Wildman–Crippen MR) is 99.2 cm³/mol. The fraction of sp³-hybridized carbons (Fsp3) is 0.500. The van der Waals surface area contributed by atoms with E-state index >= 15 is 0 Å². The minimum Gasteiger partial charge on any atom is -0.364 e. The van der Waals surface area contributed by atoms with Gasteiger partial charge in [0, 0.05) is 45.5 Å². The molecule has 1 aliphatic heterocycles. The molecule has 3 rings (SSSR count). The van der Waals surface area contributed by atoms with Gasteiger partial charge in [-0.05, 0) is 13.0 Å². The lowest BCUT2D eigenvalue weighted by Crippen LogP contribution is -2.53. The van der Waals surface area contributed by atoms with Gasteiger partial charge >= 0.3 is 0 Å². The predicted octanol–water partition coefficient (Wildman–Crippen LogP) is -0.00398. The first-order valence-corrected chi connectivity index (χ1v) is 10.2. The van der Waals surface area contributed by atoms with Crippen LogP contribution in [0.25, 0.3) is 0 Å². The summed E-state index contributed by atoms with van der Waals surface area (Å²) in [6.07, 6.45) is 3.10. The summed E-state index contributed by atoms with van der Waals surface area (Å²) in [5.41, 5.74) is 1.28. The topological polar surface area (TPSA) is 117 Å². The molecule has 0 unspecified atom stereocenters. The minimum atomic E-state index is -3.42. The molecule has 0 bridgehead atoms. The Balaban J connectivity index is 1.54. The van der Waals surface area contributed by atoms with Crippen LogP contribution in [0.5, 0.6) is 0 Å². The highest BCUT2D eigenvalue weighted by atomic mass is 32.2. The van der Waals surface area contributed by atoms with Crippen LogP contribution >= 0.6 is 0 Å². The Bertz CT molecular complexity index is 875. The second-order valence-electron chi connectivity index (χ2n) is 6.13. The van der Waals surface area contributed by atoms with Crippen molar-refractivity contribution in [2.75, 3.05) is 33.2 Å². The minimum absolute atomic E-state index is 0.149. The molecular formula is C16H23N7O3S. The summed E-state index contributed by atoms with van der Waals surface area (Å²) in [6.45, 7) is 4.28. The van der Waals surface area contributed by atoms with E-state index in [1.807, 2.05) is 17.9 Å². The number of nitrogens with one attached hydrogen (secondary N) is 1. The molecule has 0 aromatic carbocycles. The van der Waals surface area contributed by atoms with Crippen LogP contribution in [0.15, 0.2) is 34.1 Å². The molecule has 1 N–H and O–H groups in total.